The summed E-state index contributed by atoms with van der Waals surface area (Å²) in [4.78, 5) is 2.57. The topological polar surface area (TPSA) is 29.3 Å². The highest BCUT2D eigenvalue weighted by Gasteiger charge is 2.37. The van der Waals surface area contributed by atoms with Gasteiger partial charge in [-0.2, -0.15) is 0 Å². The van der Waals surface area contributed by atoms with Crippen molar-refractivity contribution in [2.45, 2.75) is 32.7 Å². The van der Waals surface area contributed by atoms with Crippen LogP contribution in [-0.2, 0) is 6.42 Å². The Morgan fingerprint density at radius 3 is 2.21 bits per heavy atom. The van der Waals surface area contributed by atoms with Crippen molar-refractivity contribution in [1.82, 2.24) is 4.90 Å². The third-order valence-corrected chi connectivity index (χ3v) is 4.94. The maximum Gasteiger partial charge on any atom is 0.0406 e. The molecule has 1 fully saturated rings. The van der Waals surface area contributed by atoms with Crippen LogP contribution in [0.4, 0.5) is 0 Å². The highest BCUT2D eigenvalue weighted by atomic mass is 35.5. The first-order valence-electron chi connectivity index (χ1n) is 7.14. The van der Waals surface area contributed by atoms with Crippen molar-refractivity contribution in [1.29, 1.82) is 0 Å². The summed E-state index contributed by atoms with van der Waals surface area (Å²) in [6.07, 6.45) is 0.986. The Balaban J connectivity index is 2.12. The van der Waals surface area contributed by atoms with Gasteiger partial charge in [-0.25, -0.2) is 0 Å². The van der Waals surface area contributed by atoms with E-state index in [1.54, 1.807) is 0 Å². The van der Waals surface area contributed by atoms with Gasteiger partial charge in [-0.1, -0.05) is 37.6 Å². The second kappa shape index (κ2) is 5.82. The van der Waals surface area contributed by atoms with Crippen molar-refractivity contribution in [3.63, 3.8) is 0 Å². The highest BCUT2D eigenvalue weighted by molar-refractivity contribution is 6.30. The molecule has 3 unspecified atom stereocenters. The van der Waals surface area contributed by atoms with Crippen molar-refractivity contribution in [2.24, 2.45) is 17.6 Å². The lowest BCUT2D eigenvalue weighted by Gasteiger charge is -2.38. The van der Waals surface area contributed by atoms with Crippen LogP contribution in [0.25, 0.3) is 0 Å². The summed E-state index contributed by atoms with van der Waals surface area (Å²) < 4.78 is 0. The van der Waals surface area contributed by atoms with E-state index in [2.05, 4.69) is 37.8 Å². The smallest absolute Gasteiger partial charge is 0.0406 e. The van der Waals surface area contributed by atoms with Crippen LogP contribution in [0.2, 0.25) is 5.02 Å². The Morgan fingerprint density at radius 1 is 1.21 bits per heavy atom. The Kier molecular flexibility index (Phi) is 4.54. The standard InChI is InChI=1S/C16H25ClN2/c1-12-9-19(10-13(12)2)16(3,11-18)8-14-4-6-15(17)7-5-14/h4-7,12-13H,8-11,18H2,1-3H3. The van der Waals surface area contributed by atoms with Gasteiger partial charge in [-0.3, -0.25) is 4.90 Å². The molecule has 0 amide bonds. The summed E-state index contributed by atoms with van der Waals surface area (Å²) in [5.41, 5.74) is 7.45. The molecule has 3 atom stereocenters. The fourth-order valence-corrected chi connectivity index (χ4v) is 3.05. The first-order chi connectivity index (χ1) is 8.94. The van der Waals surface area contributed by atoms with Gasteiger partial charge in [0.25, 0.3) is 0 Å². The average Bonchev–Trinajstić information content (AvgIpc) is 2.73. The molecule has 1 aliphatic rings. The van der Waals surface area contributed by atoms with Crippen LogP contribution >= 0.6 is 11.6 Å². The summed E-state index contributed by atoms with van der Waals surface area (Å²) >= 11 is 5.95. The monoisotopic (exact) mass is 280 g/mol. The largest absolute Gasteiger partial charge is 0.329 e. The van der Waals surface area contributed by atoms with E-state index in [-0.39, 0.29) is 5.54 Å². The second-order valence-electron chi connectivity index (χ2n) is 6.36. The Bertz CT molecular complexity index is 407. The Morgan fingerprint density at radius 2 is 1.74 bits per heavy atom. The van der Waals surface area contributed by atoms with Gasteiger partial charge in [-0.15, -0.1) is 0 Å². The van der Waals surface area contributed by atoms with E-state index >= 15 is 0 Å². The number of benzene rings is 1. The summed E-state index contributed by atoms with van der Waals surface area (Å²) in [7, 11) is 0. The first-order valence-corrected chi connectivity index (χ1v) is 7.52. The highest BCUT2D eigenvalue weighted by Crippen LogP contribution is 2.30. The minimum Gasteiger partial charge on any atom is -0.329 e. The number of hydrogen-bond donors (Lipinski definition) is 1. The maximum atomic E-state index is 6.09. The van der Waals surface area contributed by atoms with Crippen LogP contribution in [0, 0.1) is 11.8 Å². The van der Waals surface area contributed by atoms with E-state index in [1.165, 1.54) is 5.56 Å². The fraction of sp³-hybridized carbons (Fsp3) is 0.625. The minimum absolute atomic E-state index is 0.0485. The molecule has 0 radical (unpaired) electrons. The molecule has 1 saturated heterocycles. The van der Waals surface area contributed by atoms with Crippen LogP contribution in [0.15, 0.2) is 24.3 Å². The molecule has 1 aromatic rings. The van der Waals surface area contributed by atoms with E-state index in [0.29, 0.717) is 6.54 Å². The third-order valence-electron chi connectivity index (χ3n) is 4.69. The molecular weight excluding hydrogens is 256 g/mol. The van der Waals surface area contributed by atoms with E-state index < -0.39 is 0 Å². The number of likely N-dealkylation sites (tertiary alicyclic amines) is 1. The SMILES string of the molecule is CC1CN(C(C)(CN)Cc2ccc(Cl)cc2)CC1C. The summed E-state index contributed by atoms with van der Waals surface area (Å²) in [6.45, 7) is 9.96. The average molecular weight is 281 g/mol. The molecule has 106 valence electrons. The van der Waals surface area contributed by atoms with Gasteiger partial charge in [0, 0.05) is 30.2 Å². The van der Waals surface area contributed by atoms with Gasteiger partial charge in [0.1, 0.15) is 0 Å². The Hall–Kier alpha value is -0.570. The van der Waals surface area contributed by atoms with Crippen LogP contribution in [0.1, 0.15) is 26.3 Å². The number of rotatable bonds is 4. The number of halogens is 1. The molecule has 2 N–H and O–H groups in total. The second-order valence-corrected chi connectivity index (χ2v) is 6.80. The molecule has 1 heterocycles. The van der Waals surface area contributed by atoms with Gasteiger partial charge in [-0.05, 0) is 42.9 Å². The fourth-order valence-electron chi connectivity index (χ4n) is 2.93. The molecule has 0 aromatic heterocycles. The molecule has 0 saturated carbocycles. The van der Waals surface area contributed by atoms with E-state index in [9.17, 15) is 0 Å². The molecule has 2 rings (SSSR count). The molecule has 2 nitrogen and oxygen atoms in total. The molecule has 0 aliphatic carbocycles. The number of nitrogens with zero attached hydrogens (tertiary/aromatic N) is 1. The first kappa shape index (κ1) is 14.8. The lowest BCUT2D eigenvalue weighted by molar-refractivity contribution is 0.135. The lowest BCUT2D eigenvalue weighted by atomic mass is 9.91. The van der Waals surface area contributed by atoms with Crippen molar-refractivity contribution in [3.8, 4) is 0 Å². The van der Waals surface area contributed by atoms with Gasteiger partial charge >= 0.3 is 0 Å². The number of hydrogen-bond acceptors (Lipinski definition) is 2. The van der Waals surface area contributed by atoms with Gasteiger partial charge in [0.2, 0.25) is 0 Å². The van der Waals surface area contributed by atoms with Crippen molar-refractivity contribution < 1.29 is 0 Å². The van der Waals surface area contributed by atoms with E-state index in [4.69, 9.17) is 17.3 Å². The molecule has 0 bridgehead atoms. The van der Waals surface area contributed by atoms with Crippen LogP contribution in [0.5, 0.6) is 0 Å². The molecule has 1 aliphatic heterocycles. The van der Waals surface area contributed by atoms with Crippen molar-refractivity contribution in [3.05, 3.63) is 34.9 Å². The van der Waals surface area contributed by atoms with Crippen molar-refractivity contribution >= 4 is 11.6 Å². The predicted molar refractivity (Wildman–Crippen MR) is 82.5 cm³/mol. The molecule has 3 heteroatoms. The maximum absolute atomic E-state index is 6.09. The predicted octanol–water partition coefficient (Wildman–Crippen LogP) is 3.19. The van der Waals surface area contributed by atoms with Gasteiger partial charge in [0.15, 0.2) is 0 Å². The van der Waals surface area contributed by atoms with Crippen LogP contribution in [-0.4, -0.2) is 30.1 Å². The zero-order chi connectivity index (χ0) is 14.0. The lowest BCUT2D eigenvalue weighted by Crippen LogP contribution is -2.52. The van der Waals surface area contributed by atoms with Gasteiger partial charge in [0.05, 0.1) is 0 Å². The molecule has 1 aromatic carbocycles. The van der Waals surface area contributed by atoms with Crippen LogP contribution in [0.3, 0.4) is 0 Å². The number of nitrogens with two attached hydrogens (primary N) is 1. The quantitative estimate of drug-likeness (QED) is 0.918. The molecule has 19 heavy (non-hydrogen) atoms. The zero-order valence-corrected chi connectivity index (χ0v) is 13.0. The van der Waals surface area contributed by atoms with Crippen molar-refractivity contribution in [2.75, 3.05) is 19.6 Å². The minimum atomic E-state index is 0.0485. The van der Waals surface area contributed by atoms with E-state index in [0.717, 1.165) is 36.4 Å². The summed E-state index contributed by atoms with van der Waals surface area (Å²) in [5, 5.41) is 0.793. The molecular formula is C16H25ClN2. The van der Waals surface area contributed by atoms with Crippen LogP contribution < -0.4 is 5.73 Å². The van der Waals surface area contributed by atoms with E-state index in [1.807, 2.05) is 12.1 Å². The van der Waals surface area contributed by atoms with Gasteiger partial charge < -0.3 is 5.73 Å². The summed E-state index contributed by atoms with van der Waals surface area (Å²) in [6, 6.07) is 8.14. The summed E-state index contributed by atoms with van der Waals surface area (Å²) in [5.74, 6) is 1.52. The Labute approximate surface area is 121 Å². The normalized spacial score (nSPS) is 27.4. The zero-order valence-electron chi connectivity index (χ0n) is 12.2. The third kappa shape index (κ3) is 3.31. The molecule has 0 spiro atoms.